The summed E-state index contributed by atoms with van der Waals surface area (Å²) >= 11 is 6.21. The maximum Gasteiger partial charge on any atom is 0.182 e. The van der Waals surface area contributed by atoms with Crippen molar-refractivity contribution < 1.29 is 0 Å². The van der Waals surface area contributed by atoms with Gasteiger partial charge in [0, 0.05) is 24.5 Å². The van der Waals surface area contributed by atoms with Gasteiger partial charge in [-0.3, -0.25) is 5.10 Å². The summed E-state index contributed by atoms with van der Waals surface area (Å²) in [5, 5.41) is 8.03. The molecule has 3 aromatic rings. The Balaban J connectivity index is 2.03. The molecule has 0 atom stereocenters. The minimum atomic E-state index is -0.259. The van der Waals surface area contributed by atoms with Crippen molar-refractivity contribution in [3.8, 4) is 11.4 Å². The standard InChI is InChI=1S/C16H17ClN4/c1-16(2,13-9-6-10-21(13)3)15-18-14(19-20-15)11-7-4-5-8-12(11)17/h4-10H,1-3H3,(H,18,19,20). The van der Waals surface area contributed by atoms with Gasteiger partial charge < -0.3 is 4.57 Å². The molecule has 0 saturated heterocycles. The second-order valence-corrected chi connectivity index (χ2v) is 6.02. The maximum absolute atomic E-state index is 6.21. The fraction of sp³-hybridized carbons (Fsp3) is 0.250. The van der Waals surface area contributed by atoms with E-state index in [9.17, 15) is 0 Å². The molecule has 0 saturated carbocycles. The summed E-state index contributed by atoms with van der Waals surface area (Å²) in [6, 6.07) is 11.7. The summed E-state index contributed by atoms with van der Waals surface area (Å²) in [6.45, 7) is 4.25. The van der Waals surface area contributed by atoms with Crippen LogP contribution in [0.15, 0.2) is 42.6 Å². The molecule has 5 heteroatoms. The number of aromatic nitrogens is 4. The van der Waals surface area contributed by atoms with Crippen LogP contribution in [0.3, 0.4) is 0 Å². The van der Waals surface area contributed by atoms with Crippen molar-refractivity contribution in [1.29, 1.82) is 0 Å². The fourth-order valence-corrected chi connectivity index (χ4v) is 2.76. The summed E-state index contributed by atoms with van der Waals surface area (Å²) in [5.41, 5.74) is 1.75. The lowest BCUT2D eigenvalue weighted by molar-refractivity contribution is 0.549. The Kier molecular flexibility index (Phi) is 3.33. The predicted molar refractivity (Wildman–Crippen MR) is 84.4 cm³/mol. The average Bonchev–Trinajstić information content (AvgIpc) is 3.08. The van der Waals surface area contributed by atoms with Gasteiger partial charge in [-0.2, -0.15) is 5.10 Å². The summed E-state index contributed by atoms with van der Waals surface area (Å²) in [4.78, 5) is 4.65. The number of benzene rings is 1. The highest BCUT2D eigenvalue weighted by Gasteiger charge is 2.29. The summed E-state index contributed by atoms with van der Waals surface area (Å²) in [5.74, 6) is 1.44. The zero-order valence-electron chi connectivity index (χ0n) is 12.3. The normalized spacial score (nSPS) is 11.8. The van der Waals surface area contributed by atoms with Crippen LogP contribution in [-0.4, -0.2) is 19.7 Å². The molecule has 1 aromatic carbocycles. The highest BCUT2D eigenvalue weighted by atomic mass is 35.5. The van der Waals surface area contributed by atoms with E-state index >= 15 is 0 Å². The van der Waals surface area contributed by atoms with Crippen LogP contribution in [0.25, 0.3) is 11.4 Å². The first kappa shape index (κ1) is 13.9. The zero-order valence-corrected chi connectivity index (χ0v) is 13.0. The van der Waals surface area contributed by atoms with E-state index in [-0.39, 0.29) is 5.41 Å². The Morgan fingerprint density at radius 3 is 2.57 bits per heavy atom. The molecule has 2 aromatic heterocycles. The van der Waals surface area contributed by atoms with Crippen molar-refractivity contribution >= 4 is 11.6 Å². The molecule has 0 bridgehead atoms. The third-order valence-corrected chi connectivity index (χ3v) is 4.11. The first-order valence-corrected chi connectivity index (χ1v) is 7.17. The summed E-state index contributed by atoms with van der Waals surface area (Å²) < 4.78 is 2.09. The smallest absolute Gasteiger partial charge is 0.182 e. The number of aryl methyl sites for hydroxylation is 1. The van der Waals surface area contributed by atoms with Crippen molar-refractivity contribution in [1.82, 2.24) is 19.7 Å². The minimum Gasteiger partial charge on any atom is -0.354 e. The largest absolute Gasteiger partial charge is 0.354 e. The van der Waals surface area contributed by atoms with E-state index in [2.05, 4.69) is 39.7 Å². The number of hydrogen-bond acceptors (Lipinski definition) is 2. The molecule has 0 amide bonds. The van der Waals surface area contributed by atoms with Crippen LogP contribution >= 0.6 is 11.6 Å². The molecule has 0 radical (unpaired) electrons. The van der Waals surface area contributed by atoms with Crippen LogP contribution in [-0.2, 0) is 12.5 Å². The third kappa shape index (κ3) is 2.36. The number of H-pyrrole nitrogens is 1. The van der Waals surface area contributed by atoms with Crippen molar-refractivity contribution in [3.63, 3.8) is 0 Å². The quantitative estimate of drug-likeness (QED) is 0.800. The van der Waals surface area contributed by atoms with Gasteiger partial charge >= 0.3 is 0 Å². The molecule has 0 aliphatic carbocycles. The first-order chi connectivity index (χ1) is 10.00. The van der Waals surface area contributed by atoms with E-state index in [1.165, 1.54) is 5.69 Å². The van der Waals surface area contributed by atoms with Crippen LogP contribution in [0.1, 0.15) is 25.4 Å². The van der Waals surface area contributed by atoms with Gasteiger partial charge in [-0.25, -0.2) is 4.98 Å². The van der Waals surface area contributed by atoms with Crippen molar-refractivity contribution in [2.45, 2.75) is 19.3 Å². The fourth-order valence-electron chi connectivity index (χ4n) is 2.54. The molecule has 0 spiro atoms. The van der Waals surface area contributed by atoms with Crippen LogP contribution in [0.4, 0.5) is 0 Å². The number of rotatable bonds is 3. The second-order valence-electron chi connectivity index (χ2n) is 5.62. The van der Waals surface area contributed by atoms with Crippen molar-refractivity contribution in [2.24, 2.45) is 7.05 Å². The van der Waals surface area contributed by atoms with Gasteiger partial charge in [-0.15, -0.1) is 0 Å². The monoisotopic (exact) mass is 300 g/mol. The molecule has 1 N–H and O–H groups in total. The van der Waals surface area contributed by atoms with Crippen molar-refractivity contribution in [3.05, 3.63) is 59.1 Å². The van der Waals surface area contributed by atoms with Gasteiger partial charge in [-0.05, 0) is 38.1 Å². The Hall–Kier alpha value is -2.07. The molecule has 4 nitrogen and oxygen atoms in total. The van der Waals surface area contributed by atoms with E-state index in [1.54, 1.807) is 0 Å². The molecule has 0 fully saturated rings. The molecule has 0 unspecified atom stereocenters. The number of halogens is 1. The van der Waals surface area contributed by atoms with Crippen LogP contribution in [0, 0.1) is 0 Å². The topological polar surface area (TPSA) is 46.5 Å². The molecule has 21 heavy (non-hydrogen) atoms. The lowest BCUT2D eigenvalue weighted by Crippen LogP contribution is -2.23. The first-order valence-electron chi connectivity index (χ1n) is 6.80. The number of aromatic amines is 1. The van der Waals surface area contributed by atoms with Gasteiger partial charge in [0.25, 0.3) is 0 Å². The van der Waals surface area contributed by atoms with E-state index in [1.807, 2.05) is 43.6 Å². The molecule has 108 valence electrons. The number of nitrogens with zero attached hydrogens (tertiary/aromatic N) is 3. The molecular formula is C16H17ClN4. The Morgan fingerprint density at radius 1 is 1.14 bits per heavy atom. The third-order valence-electron chi connectivity index (χ3n) is 3.78. The van der Waals surface area contributed by atoms with Crippen molar-refractivity contribution in [2.75, 3.05) is 0 Å². The minimum absolute atomic E-state index is 0.259. The number of nitrogens with one attached hydrogen (secondary N) is 1. The maximum atomic E-state index is 6.21. The molecule has 2 heterocycles. The molecule has 3 rings (SSSR count). The number of hydrogen-bond donors (Lipinski definition) is 1. The van der Waals surface area contributed by atoms with Gasteiger partial charge in [-0.1, -0.05) is 23.7 Å². The SMILES string of the molecule is Cn1cccc1C(C)(C)c1nc(-c2ccccc2Cl)n[nH]1. The highest BCUT2D eigenvalue weighted by Crippen LogP contribution is 2.31. The van der Waals surface area contributed by atoms with Crippen LogP contribution in [0.2, 0.25) is 5.02 Å². The Morgan fingerprint density at radius 2 is 1.90 bits per heavy atom. The van der Waals surface area contributed by atoms with Crippen LogP contribution < -0.4 is 0 Å². The summed E-state index contributed by atoms with van der Waals surface area (Å²) in [7, 11) is 2.03. The van der Waals surface area contributed by atoms with Gasteiger partial charge in [0.05, 0.1) is 10.4 Å². The van der Waals surface area contributed by atoms with Gasteiger partial charge in [0.1, 0.15) is 5.82 Å². The molecule has 0 aliphatic rings. The zero-order chi connectivity index (χ0) is 15.0. The van der Waals surface area contributed by atoms with Crippen LogP contribution in [0.5, 0.6) is 0 Å². The van der Waals surface area contributed by atoms with E-state index in [4.69, 9.17) is 11.6 Å². The lowest BCUT2D eigenvalue weighted by Gasteiger charge is -2.22. The Bertz CT molecular complexity index is 770. The second kappa shape index (κ2) is 5.04. The van der Waals surface area contributed by atoms with E-state index < -0.39 is 0 Å². The lowest BCUT2D eigenvalue weighted by atomic mass is 9.88. The van der Waals surface area contributed by atoms with Gasteiger partial charge in [0.15, 0.2) is 5.82 Å². The van der Waals surface area contributed by atoms with E-state index in [0.717, 1.165) is 11.4 Å². The van der Waals surface area contributed by atoms with E-state index in [0.29, 0.717) is 10.8 Å². The van der Waals surface area contributed by atoms with Gasteiger partial charge in [0.2, 0.25) is 0 Å². The average molecular weight is 301 g/mol. The highest BCUT2D eigenvalue weighted by molar-refractivity contribution is 6.33. The summed E-state index contributed by atoms with van der Waals surface area (Å²) in [6.07, 6.45) is 2.03. The Labute approximate surface area is 128 Å². The molecule has 0 aliphatic heterocycles. The molecular weight excluding hydrogens is 284 g/mol. The predicted octanol–water partition coefficient (Wildman–Crippen LogP) is 3.79.